The van der Waals surface area contributed by atoms with Gasteiger partial charge in [0, 0.05) is 25.0 Å². The molecule has 2 heterocycles. The van der Waals surface area contributed by atoms with E-state index in [1.54, 1.807) is 36.3 Å². The van der Waals surface area contributed by atoms with Gasteiger partial charge < -0.3 is 16.0 Å². The van der Waals surface area contributed by atoms with Gasteiger partial charge in [-0.05, 0) is 6.07 Å². The summed E-state index contributed by atoms with van der Waals surface area (Å²) in [4.78, 5) is 14.4. The molecule has 6 heteroatoms. The van der Waals surface area contributed by atoms with Crippen LogP contribution in [0.2, 0.25) is 0 Å². The molecular weight excluding hydrogens is 194 g/mol. The van der Waals surface area contributed by atoms with Crippen LogP contribution in [0.25, 0.3) is 0 Å². The second-order valence-corrected chi connectivity index (χ2v) is 3.14. The van der Waals surface area contributed by atoms with Crippen LogP contribution in [0.3, 0.4) is 0 Å². The highest BCUT2D eigenvalue weighted by atomic mass is 16.2. The van der Waals surface area contributed by atoms with E-state index in [4.69, 9.17) is 5.73 Å². The third-order valence-corrected chi connectivity index (χ3v) is 2.01. The fourth-order valence-electron chi connectivity index (χ4n) is 1.22. The van der Waals surface area contributed by atoms with Crippen LogP contribution in [0.5, 0.6) is 0 Å². The molecule has 0 aliphatic carbocycles. The highest BCUT2D eigenvalue weighted by molar-refractivity contribution is 6.03. The Bertz CT molecular complexity index is 484. The number of nitrogens with zero attached hydrogens (tertiary/aromatic N) is 2. The summed E-state index contributed by atoms with van der Waals surface area (Å²) in [6.07, 6.45) is 3.18. The predicted octanol–water partition coefficient (Wildman–Crippen LogP) is 0.583. The van der Waals surface area contributed by atoms with E-state index in [-0.39, 0.29) is 5.91 Å². The van der Waals surface area contributed by atoms with Crippen molar-refractivity contribution < 1.29 is 4.79 Å². The number of nitrogen functional groups attached to an aromatic ring is 1. The minimum atomic E-state index is -0.240. The highest BCUT2D eigenvalue weighted by Gasteiger charge is 2.09. The number of aryl methyl sites for hydroxylation is 1. The molecule has 0 radical (unpaired) electrons. The van der Waals surface area contributed by atoms with E-state index in [1.807, 2.05) is 0 Å². The first-order valence-electron chi connectivity index (χ1n) is 4.40. The SMILES string of the molecule is Cn1nccc1NC(=O)c1cc(N)c[nH]1. The van der Waals surface area contributed by atoms with E-state index in [9.17, 15) is 4.79 Å². The Hall–Kier alpha value is -2.24. The van der Waals surface area contributed by atoms with Gasteiger partial charge in [-0.1, -0.05) is 0 Å². The first kappa shape index (κ1) is 9.32. The standard InChI is InChI=1S/C9H11N5O/c1-14-8(2-3-12-14)13-9(15)7-4-6(10)5-11-7/h2-5,11H,10H2,1H3,(H,13,15). The van der Waals surface area contributed by atoms with Crippen molar-refractivity contribution in [1.82, 2.24) is 14.8 Å². The summed E-state index contributed by atoms with van der Waals surface area (Å²) in [5.74, 6) is 0.392. The molecule has 0 saturated carbocycles. The Morgan fingerprint density at radius 3 is 3.00 bits per heavy atom. The largest absolute Gasteiger partial charge is 0.397 e. The topological polar surface area (TPSA) is 88.7 Å². The third kappa shape index (κ3) is 1.83. The van der Waals surface area contributed by atoms with Gasteiger partial charge in [-0.15, -0.1) is 0 Å². The summed E-state index contributed by atoms with van der Waals surface area (Å²) < 4.78 is 1.57. The molecule has 2 aromatic heterocycles. The Labute approximate surface area is 86.1 Å². The number of nitrogens with one attached hydrogen (secondary N) is 2. The third-order valence-electron chi connectivity index (χ3n) is 2.01. The van der Waals surface area contributed by atoms with Gasteiger partial charge in [-0.2, -0.15) is 5.10 Å². The van der Waals surface area contributed by atoms with Crippen molar-refractivity contribution in [3.63, 3.8) is 0 Å². The Kier molecular flexibility index (Phi) is 2.17. The van der Waals surface area contributed by atoms with Crippen molar-refractivity contribution >= 4 is 17.4 Å². The lowest BCUT2D eigenvalue weighted by Gasteiger charge is -2.02. The summed E-state index contributed by atoms with van der Waals surface area (Å²) in [6.45, 7) is 0. The summed E-state index contributed by atoms with van der Waals surface area (Å²) in [7, 11) is 1.75. The van der Waals surface area contributed by atoms with Crippen LogP contribution in [0.15, 0.2) is 24.5 Å². The molecule has 0 saturated heterocycles. The number of anilines is 2. The molecule has 2 rings (SSSR count). The van der Waals surface area contributed by atoms with Crippen molar-refractivity contribution in [3.05, 3.63) is 30.2 Å². The molecule has 0 atom stereocenters. The van der Waals surface area contributed by atoms with Crippen LogP contribution < -0.4 is 11.1 Å². The molecule has 1 amide bonds. The molecule has 0 aliphatic heterocycles. The lowest BCUT2D eigenvalue weighted by Crippen LogP contribution is -2.14. The van der Waals surface area contributed by atoms with E-state index in [0.29, 0.717) is 17.2 Å². The van der Waals surface area contributed by atoms with Gasteiger partial charge in [0.1, 0.15) is 11.5 Å². The van der Waals surface area contributed by atoms with E-state index in [1.165, 1.54) is 0 Å². The van der Waals surface area contributed by atoms with E-state index in [0.717, 1.165) is 0 Å². The first-order valence-corrected chi connectivity index (χ1v) is 4.40. The maximum absolute atomic E-state index is 11.6. The molecule has 78 valence electrons. The fraction of sp³-hybridized carbons (Fsp3) is 0.111. The maximum atomic E-state index is 11.6. The molecule has 0 aromatic carbocycles. The molecule has 15 heavy (non-hydrogen) atoms. The van der Waals surface area contributed by atoms with Gasteiger partial charge in [-0.3, -0.25) is 9.48 Å². The monoisotopic (exact) mass is 205 g/mol. The normalized spacial score (nSPS) is 10.2. The minimum absolute atomic E-state index is 0.240. The van der Waals surface area contributed by atoms with Gasteiger partial charge in [-0.25, -0.2) is 0 Å². The zero-order valence-corrected chi connectivity index (χ0v) is 8.19. The van der Waals surface area contributed by atoms with Gasteiger partial charge in [0.05, 0.1) is 6.20 Å². The van der Waals surface area contributed by atoms with Crippen LogP contribution in [0, 0.1) is 0 Å². The van der Waals surface area contributed by atoms with Crippen LogP contribution >= 0.6 is 0 Å². The second kappa shape index (κ2) is 3.49. The Balaban J connectivity index is 2.14. The number of aromatic amines is 1. The highest BCUT2D eigenvalue weighted by Crippen LogP contribution is 2.09. The van der Waals surface area contributed by atoms with Gasteiger partial charge in [0.15, 0.2) is 0 Å². The summed E-state index contributed by atoms with van der Waals surface area (Å²) in [5, 5.41) is 6.63. The summed E-state index contributed by atoms with van der Waals surface area (Å²) >= 11 is 0. The molecule has 0 unspecified atom stereocenters. The van der Waals surface area contributed by atoms with Crippen LogP contribution in [-0.4, -0.2) is 20.7 Å². The van der Waals surface area contributed by atoms with Crippen LogP contribution in [-0.2, 0) is 7.05 Å². The number of nitrogens with two attached hydrogens (primary N) is 1. The van der Waals surface area contributed by atoms with Crippen molar-refractivity contribution in [2.45, 2.75) is 0 Å². The zero-order chi connectivity index (χ0) is 10.8. The lowest BCUT2D eigenvalue weighted by atomic mass is 10.4. The number of hydrogen-bond donors (Lipinski definition) is 3. The number of aromatic nitrogens is 3. The van der Waals surface area contributed by atoms with Crippen LogP contribution in [0.4, 0.5) is 11.5 Å². The minimum Gasteiger partial charge on any atom is -0.397 e. The van der Waals surface area contributed by atoms with Crippen molar-refractivity contribution in [3.8, 4) is 0 Å². The molecule has 4 N–H and O–H groups in total. The van der Waals surface area contributed by atoms with Crippen molar-refractivity contribution in [1.29, 1.82) is 0 Å². The average molecular weight is 205 g/mol. The predicted molar refractivity (Wildman–Crippen MR) is 56.4 cm³/mol. The second-order valence-electron chi connectivity index (χ2n) is 3.14. The number of amides is 1. The average Bonchev–Trinajstić information content (AvgIpc) is 2.77. The maximum Gasteiger partial charge on any atom is 0.273 e. The van der Waals surface area contributed by atoms with E-state index < -0.39 is 0 Å². The summed E-state index contributed by atoms with van der Waals surface area (Å²) in [6, 6.07) is 3.29. The van der Waals surface area contributed by atoms with Crippen LogP contribution in [0.1, 0.15) is 10.5 Å². The van der Waals surface area contributed by atoms with E-state index >= 15 is 0 Å². The lowest BCUT2D eigenvalue weighted by molar-refractivity contribution is 0.102. The van der Waals surface area contributed by atoms with Crippen molar-refractivity contribution in [2.24, 2.45) is 7.05 Å². The first-order chi connectivity index (χ1) is 7.16. The fourth-order valence-corrected chi connectivity index (χ4v) is 1.22. The zero-order valence-electron chi connectivity index (χ0n) is 8.19. The Morgan fingerprint density at radius 2 is 2.47 bits per heavy atom. The quantitative estimate of drug-likeness (QED) is 0.670. The van der Waals surface area contributed by atoms with Gasteiger partial charge in [0.25, 0.3) is 5.91 Å². The molecule has 6 nitrogen and oxygen atoms in total. The molecule has 0 fully saturated rings. The van der Waals surface area contributed by atoms with E-state index in [2.05, 4.69) is 15.4 Å². The smallest absolute Gasteiger partial charge is 0.273 e. The van der Waals surface area contributed by atoms with Crippen molar-refractivity contribution in [2.75, 3.05) is 11.1 Å². The summed E-state index contributed by atoms with van der Waals surface area (Å²) in [5.41, 5.74) is 6.45. The number of carbonyl (C=O) groups is 1. The number of rotatable bonds is 2. The number of hydrogen-bond acceptors (Lipinski definition) is 3. The van der Waals surface area contributed by atoms with Gasteiger partial charge >= 0.3 is 0 Å². The molecule has 2 aromatic rings. The van der Waals surface area contributed by atoms with Gasteiger partial charge in [0.2, 0.25) is 0 Å². The molecule has 0 bridgehead atoms. The molecule has 0 aliphatic rings. The Morgan fingerprint density at radius 1 is 1.67 bits per heavy atom. The number of carbonyl (C=O) groups excluding carboxylic acids is 1. The number of H-pyrrole nitrogens is 1. The molecular formula is C9H11N5O. The molecule has 0 spiro atoms.